The Hall–Kier alpha value is -2.37. The van der Waals surface area contributed by atoms with Crippen LogP contribution in [0, 0.1) is 0 Å². The molecule has 0 fully saturated rings. The highest BCUT2D eigenvalue weighted by atomic mass is 16.6. The monoisotopic (exact) mass is 1110 g/mol. The summed E-state index contributed by atoms with van der Waals surface area (Å²) >= 11 is 0. The maximum absolute atomic E-state index is 12.9. The van der Waals surface area contributed by atoms with Gasteiger partial charge in [0.05, 0.1) is 0 Å². The van der Waals surface area contributed by atoms with E-state index in [1.807, 2.05) is 0 Å². The maximum Gasteiger partial charge on any atom is 0.306 e. The smallest absolute Gasteiger partial charge is 0.306 e. The molecule has 0 spiro atoms. The molecule has 0 aromatic rings. The molecule has 6 heteroatoms. The van der Waals surface area contributed by atoms with Crippen molar-refractivity contribution in [2.75, 3.05) is 13.2 Å². The van der Waals surface area contributed by atoms with Crippen molar-refractivity contribution in [1.82, 2.24) is 0 Å². The van der Waals surface area contributed by atoms with Crippen LogP contribution < -0.4 is 0 Å². The maximum atomic E-state index is 12.9. The summed E-state index contributed by atoms with van der Waals surface area (Å²) in [6.45, 7) is 6.67. The van der Waals surface area contributed by atoms with Gasteiger partial charge >= 0.3 is 17.9 Å². The van der Waals surface area contributed by atoms with Gasteiger partial charge in [0.2, 0.25) is 0 Å². The zero-order chi connectivity index (χ0) is 57.1. The first-order valence-electron chi connectivity index (χ1n) is 35.5. The van der Waals surface area contributed by atoms with Gasteiger partial charge in [-0.2, -0.15) is 0 Å². The van der Waals surface area contributed by atoms with Gasteiger partial charge in [-0.25, -0.2) is 0 Å². The number of allylic oxidation sites excluding steroid dienone is 6. The van der Waals surface area contributed by atoms with Crippen molar-refractivity contribution in [1.29, 1.82) is 0 Å². The van der Waals surface area contributed by atoms with Crippen LogP contribution in [0.1, 0.15) is 393 Å². The summed E-state index contributed by atoms with van der Waals surface area (Å²) in [5.41, 5.74) is 0. The van der Waals surface area contributed by atoms with Gasteiger partial charge in [-0.1, -0.05) is 333 Å². The molecule has 0 amide bonds. The van der Waals surface area contributed by atoms with E-state index in [9.17, 15) is 14.4 Å². The van der Waals surface area contributed by atoms with Gasteiger partial charge in [0.15, 0.2) is 6.10 Å². The Labute approximate surface area is 493 Å². The molecule has 1 atom stereocenters. The van der Waals surface area contributed by atoms with Gasteiger partial charge in [0, 0.05) is 19.3 Å². The number of unbranched alkanes of at least 4 members (excludes halogenated alkanes) is 49. The highest BCUT2D eigenvalue weighted by Crippen LogP contribution is 2.18. The van der Waals surface area contributed by atoms with Crippen molar-refractivity contribution >= 4 is 17.9 Å². The van der Waals surface area contributed by atoms with Crippen molar-refractivity contribution in [3.8, 4) is 0 Å². The second-order valence-electron chi connectivity index (χ2n) is 24.1. The van der Waals surface area contributed by atoms with E-state index in [2.05, 4.69) is 57.2 Å². The van der Waals surface area contributed by atoms with E-state index in [-0.39, 0.29) is 31.1 Å². The molecule has 0 aliphatic rings. The normalized spacial score (nSPS) is 12.2. The van der Waals surface area contributed by atoms with Crippen LogP contribution >= 0.6 is 0 Å². The molecule has 0 bridgehead atoms. The van der Waals surface area contributed by atoms with Crippen LogP contribution in [-0.4, -0.2) is 37.2 Å². The van der Waals surface area contributed by atoms with E-state index in [4.69, 9.17) is 14.2 Å². The fourth-order valence-corrected chi connectivity index (χ4v) is 10.8. The fourth-order valence-electron chi connectivity index (χ4n) is 10.8. The Bertz CT molecular complexity index is 1320. The number of carbonyl (C=O) groups is 3. The minimum absolute atomic E-state index is 0.0672. The highest BCUT2D eigenvalue weighted by Gasteiger charge is 2.19. The lowest BCUT2D eigenvalue weighted by Crippen LogP contribution is -2.30. The van der Waals surface area contributed by atoms with Gasteiger partial charge in [-0.3, -0.25) is 14.4 Å². The summed E-state index contributed by atoms with van der Waals surface area (Å²) < 4.78 is 16.9. The molecule has 464 valence electrons. The summed E-state index contributed by atoms with van der Waals surface area (Å²) in [5, 5.41) is 0. The van der Waals surface area contributed by atoms with Crippen LogP contribution in [0.25, 0.3) is 0 Å². The topological polar surface area (TPSA) is 78.9 Å². The van der Waals surface area contributed by atoms with Crippen molar-refractivity contribution in [3.63, 3.8) is 0 Å². The average molecular weight is 1110 g/mol. The highest BCUT2D eigenvalue weighted by molar-refractivity contribution is 5.71. The fraction of sp³-hybridized carbons (Fsp3) is 0.877. The molecule has 0 saturated heterocycles. The summed E-state index contributed by atoms with van der Waals surface area (Å²) in [5.74, 6) is -0.845. The summed E-state index contributed by atoms with van der Waals surface area (Å²) in [4.78, 5) is 38.3. The lowest BCUT2D eigenvalue weighted by molar-refractivity contribution is -0.167. The average Bonchev–Trinajstić information content (AvgIpc) is 3.45. The molecule has 6 nitrogen and oxygen atoms in total. The lowest BCUT2D eigenvalue weighted by atomic mass is 10.0. The predicted molar refractivity (Wildman–Crippen MR) is 344 cm³/mol. The van der Waals surface area contributed by atoms with Crippen molar-refractivity contribution < 1.29 is 28.6 Å². The molecular weight excluding hydrogens is 973 g/mol. The van der Waals surface area contributed by atoms with Crippen molar-refractivity contribution in [3.05, 3.63) is 36.5 Å². The van der Waals surface area contributed by atoms with Gasteiger partial charge in [0.25, 0.3) is 0 Å². The Morgan fingerprint density at radius 3 is 0.709 bits per heavy atom. The first-order valence-corrected chi connectivity index (χ1v) is 35.5. The predicted octanol–water partition coefficient (Wildman–Crippen LogP) is 24.3. The number of hydrogen-bond donors (Lipinski definition) is 0. The molecular formula is C73H136O6. The molecule has 0 aliphatic carbocycles. The van der Waals surface area contributed by atoms with E-state index in [0.29, 0.717) is 19.3 Å². The van der Waals surface area contributed by atoms with Crippen LogP contribution in [-0.2, 0) is 28.6 Å². The second kappa shape index (κ2) is 68.1. The molecule has 0 aromatic heterocycles. The summed E-state index contributed by atoms with van der Waals surface area (Å²) in [7, 11) is 0. The van der Waals surface area contributed by atoms with Gasteiger partial charge in [-0.05, 0) is 77.0 Å². The molecule has 0 heterocycles. The lowest BCUT2D eigenvalue weighted by Gasteiger charge is -2.18. The Morgan fingerprint density at radius 2 is 0.456 bits per heavy atom. The van der Waals surface area contributed by atoms with Crippen molar-refractivity contribution in [2.45, 2.75) is 399 Å². The minimum Gasteiger partial charge on any atom is -0.462 e. The Morgan fingerprint density at radius 1 is 0.253 bits per heavy atom. The number of hydrogen-bond acceptors (Lipinski definition) is 6. The third-order valence-corrected chi connectivity index (χ3v) is 16.1. The molecule has 0 radical (unpaired) electrons. The zero-order valence-corrected chi connectivity index (χ0v) is 53.4. The molecule has 0 saturated carbocycles. The van der Waals surface area contributed by atoms with Crippen LogP contribution in [0.3, 0.4) is 0 Å². The first-order chi connectivity index (χ1) is 39.0. The molecule has 0 aromatic carbocycles. The van der Waals surface area contributed by atoms with E-state index in [1.165, 1.54) is 289 Å². The standard InChI is InChI=1S/C73H136O6/c1-4-7-10-13-16-19-21-23-25-27-29-31-32-33-34-35-36-37-38-39-40-42-43-45-47-49-51-54-57-60-63-66-72(75)78-69-70(68-77-71(74)65-62-59-56-53-18-15-12-9-6-3)79-73(76)67-64-61-58-55-52-50-48-46-44-41-30-28-26-24-22-20-17-14-11-8-5-2/h21,23,27-30,70H,4-20,22,24-26,31-69H2,1-3H3/b23-21-,29-27-,30-28-. The van der Waals surface area contributed by atoms with Crippen LogP contribution in [0.5, 0.6) is 0 Å². The Kier molecular flexibility index (Phi) is 66.1. The molecule has 79 heavy (non-hydrogen) atoms. The quantitative estimate of drug-likeness (QED) is 0.0261. The second-order valence-corrected chi connectivity index (χ2v) is 24.1. The van der Waals surface area contributed by atoms with E-state index < -0.39 is 6.10 Å². The third kappa shape index (κ3) is 66.3. The van der Waals surface area contributed by atoms with Crippen molar-refractivity contribution in [2.24, 2.45) is 0 Å². The number of carbonyl (C=O) groups excluding carboxylic acids is 3. The van der Waals surface area contributed by atoms with Crippen LogP contribution in [0.2, 0.25) is 0 Å². The Balaban J connectivity index is 4.07. The SMILES string of the molecule is CCCCCCC/C=C\C/C=C\CCCCCCCCCCCCCCCCCCCCCC(=O)OCC(COC(=O)CCCCCCCCCCC)OC(=O)CCCCCCCCCCC/C=C\CCCCCCCCCC. The van der Waals surface area contributed by atoms with E-state index in [0.717, 1.165) is 64.2 Å². The van der Waals surface area contributed by atoms with E-state index in [1.54, 1.807) is 0 Å². The number of esters is 3. The molecule has 0 rings (SSSR count). The zero-order valence-electron chi connectivity index (χ0n) is 53.4. The summed E-state index contributed by atoms with van der Waals surface area (Å²) in [6, 6.07) is 0. The molecule has 1 unspecified atom stereocenters. The summed E-state index contributed by atoms with van der Waals surface area (Å²) in [6.07, 6.45) is 84.8. The largest absolute Gasteiger partial charge is 0.462 e. The number of rotatable bonds is 66. The van der Waals surface area contributed by atoms with Gasteiger partial charge in [0.1, 0.15) is 13.2 Å². The minimum atomic E-state index is -0.769. The van der Waals surface area contributed by atoms with Crippen LogP contribution in [0.4, 0.5) is 0 Å². The van der Waals surface area contributed by atoms with E-state index >= 15 is 0 Å². The van der Waals surface area contributed by atoms with Gasteiger partial charge in [-0.15, -0.1) is 0 Å². The van der Waals surface area contributed by atoms with Crippen LogP contribution in [0.15, 0.2) is 36.5 Å². The molecule has 0 N–H and O–H groups in total. The first kappa shape index (κ1) is 76.6. The molecule has 0 aliphatic heterocycles. The third-order valence-electron chi connectivity index (χ3n) is 16.1. The van der Waals surface area contributed by atoms with Gasteiger partial charge < -0.3 is 14.2 Å². The number of ether oxygens (including phenoxy) is 3.